The van der Waals surface area contributed by atoms with Crippen molar-refractivity contribution in [2.24, 2.45) is 0 Å². The average molecular weight is 391 g/mol. The third-order valence-corrected chi connectivity index (χ3v) is 6.56. The van der Waals surface area contributed by atoms with Crippen LogP contribution in [0.25, 0.3) is 10.1 Å². The van der Waals surface area contributed by atoms with Crippen molar-refractivity contribution in [2.75, 3.05) is 18.6 Å². The van der Waals surface area contributed by atoms with Gasteiger partial charge in [0.15, 0.2) is 11.5 Å². The van der Waals surface area contributed by atoms with Gasteiger partial charge in [0.25, 0.3) is 10.0 Å². The van der Waals surface area contributed by atoms with Crippen LogP contribution in [0, 0.1) is 0 Å². The molecular formula is C17H13NO6S2. The van der Waals surface area contributed by atoms with Crippen LogP contribution in [-0.2, 0) is 14.8 Å². The summed E-state index contributed by atoms with van der Waals surface area (Å²) in [5.74, 6) is 0.301. The molecule has 0 saturated heterocycles. The lowest BCUT2D eigenvalue weighted by atomic mass is 10.2. The smallest absolute Gasteiger partial charge is 0.349 e. The van der Waals surface area contributed by atoms with E-state index < -0.39 is 16.0 Å². The van der Waals surface area contributed by atoms with Crippen molar-refractivity contribution in [3.8, 4) is 11.5 Å². The summed E-state index contributed by atoms with van der Waals surface area (Å²) in [5, 5.41) is 0.464. The minimum atomic E-state index is -4.04. The van der Waals surface area contributed by atoms with Crippen molar-refractivity contribution in [3.05, 3.63) is 47.3 Å². The van der Waals surface area contributed by atoms with E-state index in [4.69, 9.17) is 14.2 Å². The Labute approximate surface area is 153 Å². The normalized spacial score (nSPS) is 13.0. The molecule has 0 saturated carbocycles. The van der Waals surface area contributed by atoms with Crippen molar-refractivity contribution >= 4 is 43.1 Å². The van der Waals surface area contributed by atoms with Crippen molar-refractivity contribution in [2.45, 2.75) is 4.90 Å². The van der Waals surface area contributed by atoms with Crippen molar-refractivity contribution in [1.29, 1.82) is 0 Å². The molecule has 2 aromatic carbocycles. The molecule has 1 aliphatic heterocycles. The maximum atomic E-state index is 13.0. The Morgan fingerprint density at radius 1 is 1.15 bits per heavy atom. The van der Waals surface area contributed by atoms with Crippen molar-refractivity contribution < 1.29 is 27.4 Å². The third-order valence-electron chi connectivity index (χ3n) is 3.81. The van der Waals surface area contributed by atoms with Crippen LogP contribution in [-0.4, -0.2) is 28.3 Å². The van der Waals surface area contributed by atoms with Gasteiger partial charge in [0.1, 0.15) is 9.77 Å². The predicted molar refractivity (Wildman–Crippen MR) is 96.5 cm³/mol. The summed E-state index contributed by atoms with van der Waals surface area (Å²) in [6.45, 7) is 0.0905. The predicted octanol–water partition coefficient (Wildman–Crippen LogP) is 3.22. The quantitative estimate of drug-likeness (QED) is 0.687. The molecule has 7 nitrogen and oxygen atoms in total. The maximum Gasteiger partial charge on any atom is 0.349 e. The summed E-state index contributed by atoms with van der Waals surface area (Å²) >= 11 is 1.08. The first-order valence-electron chi connectivity index (χ1n) is 7.52. The summed E-state index contributed by atoms with van der Waals surface area (Å²) in [7, 11) is -2.82. The first kappa shape index (κ1) is 16.7. The van der Waals surface area contributed by atoms with E-state index in [0.29, 0.717) is 27.3 Å². The number of ether oxygens (including phenoxy) is 3. The van der Waals surface area contributed by atoms with Crippen LogP contribution >= 0.6 is 11.3 Å². The molecule has 0 spiro atoms. The van der Waals surface area contributed by atoms with Crippen LogP contribution in [0.1, 0.15) is 9.67 Å². The Morgan fingerprint density at radius 2 is 1.92 bits per heavy atom. The van der Waals surface area contributed by atoms with E-state index in [1.165, 1.54) is 13.2 Å². The number of nitrogens with one attached hydrogen (secondary N) is 1. The number of esters is 1. The van der Waals surface area contributed by atoms with Gasteiger partial charge >= 0.3 is 5.97 Å². The lowest BCUT2D eigenvalue weighted by molar-refractivity contribution is 0.0602. The zero-order chi connectivity index (χ0) is 18.3. The number of fused-ring (bicyclic) bond motifs is 2. The van der Waals surface area contributed by atoms with Crippen molar-refractivity contribution in [1.82, 2.24) is 0 Å². The molecule has 1 aromatic heterocycles. The molecule has 0 aliphatic carbocycles. The van der Waals surface area contributed by atoms with Gasteiger partial charge in [0, 0.05) is 16.2 Å². The Balaban J connectivity index is 1.81. The van der Waals surface area contributed by atoms with E-state index in [1.54, 1.807) is 36.4 Å². The minimum absolute atomic E-state index is 0.0296. The SMILES string of the molecule is COC(=O)c1sc2ccccc2c1S(=O)(=O)Nc1ccc2c(c1)OCO2. The number of thiophene rings is 1. The number of hydrogen-bond acceptors (Lipinski definition) is 7. The highest BCUT2D eigenvalue weighted by molar-refractivity contribution is 7.93. The van der Waals surface area contributed by atoms with Crippen LogP contribution in [0.15, 0.2) is 47.4 Å². The number of rotatable bonds is 4. The van der Waals surface area contributed by atoms with E-state index in [1.807, 2.05) is 0 Å². The second-order valence-corrected chi connectivity index (χ2v) is 8.09. The van der Waals surface area contributed by atoms with Gasteiger partial charge in [-0.1, -0.05) is 18.2 Å². The molecule has 134 valence electrons. The van der Waals surface area contributed by atoms with E-state index in [9.17, 15) is 13.2 Å². The molecule has 9 heteroatoms. The van der Waals surface area contributed by atoms with Gasteiger partial charge in [-0.2, -0.15) is 0 Å². The molecular weight excluding hydrogens is 378 g/mol. The first-order valence-corrected chi connectivity index (χ1v) is 9.82. The maximum absolute atomic E-state index is 13.0. The summed E-state index contributed by atoms with van der Waals surface area (Å²) < 4.78 is 44.5. The molecule has 0 bridgehead atoms. The van der Waals surface area contributed by atoms with Crippen LogP contribution in [0.3, 0.4) is 0 Å². The lowest BCUT2D eigenvalue weighted by Gasteiger charge is -2.09. The molecule has 3 aromatic rings. The van der Waals surface area contributed by atoms with Gasteiger partial charge in [-0.05, 0) is 18.2 Å². The molecule has 4 rings (SSSR count). The number of sulfonamides is 1. The van der Waals surface area contributed by atoms with Crippen LogP contribution in [0.4, 0.5) is 5.69 Å². The molecule has 26 heavy (non-hydrogen) atoms. The topological polar surface area (TPSA) is 90.9 Å². The second-order valence-electron chi connectivity index (χ2n) is 5.42. The van der Waals surface area contributed by atoms with E-state index in [0.717, 1.165) is 11.3 Å². The van der Waals surface area contributed by atoms with Gasteiger partial charge in [0.2, 0.25) is 6.79 Å². The van der Waals surface area contributed by atoms with Gasteiger partial charge in [0.05, 0.1) is 12.8 Å². The molecule has 1 N–H and O–H groups in total. The number of anilines is 1. The van der Waals surface area contributed by atoms with Gasteiger partial charge < -0.3 is 14.2 Å². The standard InChI is InChI=1S/C17H13NO6S2/c1-22-17(19)15-16(11-4-2-3-5-14(11)25-15)26(20,21)18-10-6-7-12-13(8-10)24-9-23-12/h2-8,18H,9H2,1H3. The second kappa shape index (κ2) is 6.19. The molecule has 2 heterocycles. The Morgan fingerprint density at radius 3 is 2.73 bits per heavy atom. The Bertz CT molecular complexity index is 1120. The van der Waals surface area contributed by atoms with Gasteiger partial charge in [-0.15, -0.1) is 11.3 Å². The number of carbonyl (C=O) groups excluding carboxylic acids is 1. The lowest BCUT2D eigenvalue weighted by Crippen LogP contribution is -2.16. The zero-order valence-corrected chi connectivity index (χ0v) is 15.1. The third kappa shape index (κ3) is 2.74. The van der Waals surface area contributed by atoms with E-state index in [2.05, 4.69) is 4.72 Å². The monoisotopic (exact) mass is 391 g/mol. The first-order chi connectivity index (χ1) is 12.5. The number of carbonyl (C=O) groups is 1. The van der Waals surface area contributed by atoms with Crippen LogP contribution in [0.5, 0.6) is 11.5 Å². The Hall–Kier alpha value is -2.78. The zero-order valence-electron chi connectivity index (χ0n) is 13.5. The summed E-state index contributed by atoms with van der Waals surface area (Å²) in [6, 6.07) is 11.6. The van der Waals surface area contributed by atoms with Crippen molar-refractivity contribution in [3.63, 3.8) is 0 Å². The highest BCUT2D eigenvalue weighted by Crippen LogP contribution is 2.38. The van der Waals surface area contributed by atoms with E-state index >= 15 is 0 Å². The largest absolute Gasteiger partial charge is 0.465 e. The van der Waals surface area contributed by atoms with E-state index in [-0.39, 0.29) is 16.6 Å². The Kier molecular flexibility index (Phi) is 3.97. The number of benzene rings is 2. The molecule has 0 amide bonds. The molecule has 0 fully saturated rings. The summed E-state index contributed by atoms with van der Waals surface area (Å²) in [5.41, 5.74) is 0.306. The van der Waals surface area contributed by atoms with Crippen LogP contribution in [0.2, 0.25) is 0 Å². The minimum Gasteiger partial charge on any atom is -0.465 e. The summed E-state index contributed by atoms with van der Waals surface area (Å²) in [6.07, 6.45) is 0. The van der Waals surface area contributed by atoms with Crippen LogP contribution < -0.4 is 14.2 Å². The molecule has 0 atom stereocenters. The molecule has 0 unspecified atom stereocenters. The fourth-order valence-corrected chi connectivity index (χ4v) is 5.55. The summed E-state index contributed by atoms with van der Waals surface area (Å²) in [4.78, 5) is 12.1. The fraction of sp³-hybridized carbons (Fsp3) is 0.118. The molecule has 0 radical (unpaired) electrons. The fourth-order valence-electron chi connectivity index (χ4n) is 2.68. The highest BCUT2D eigenvalue weighted by atomic mass is 32.2. The van der Waals surface area contributed by atoms with Gasteiger partial charge in [-0.25, -0.2) is 13.2 Å². The average Bonchev–Trinajstić information content (AvgIpc) is 3.24. The number of methoxy groups -OCH3 is 1. The molecule has 1 aliphatic rings. The highest BCUT2D eigenvalue weighted by Gasteiger charge is 2.29. The van der Waals surface area contributed by atoms with Gasteiger partial charge in [-0.3, -0.25) is 4.72 Å². The number of hydrogen-bond donors (Lipinski definition) is 1.